The molecule has 2 N–H and O–H groups in total. The summed E-state index contributed by atoms with van der Waals surface area (Å²) in [5, 5.41) is 16.7. The Morgan fingerprint density at radius 1 is 0.940 bits per heavy atom. The van der Waals surface area contributed by atoms with Crippen LogP contribution in [0.3, 0.4) is 0 Å². The van der Waals surface area contributed by atoms with Crippen molar-refractivity contribution in [2.45, 2.75) is 31.7 Å². The maximum absolute atomic E-state index is 13.1. The van der Waals surface area contributed by atoms with E-state index in [4.69, 9.17) is 9.25 Å². The van der Waals surface area contributed by atoms with Crippen LogP contribution in [0.5, 0.6) is 0 Å². The Morgan fingerprint density at radius 2 is 1.64 bits per heavy atom. The number of hydroxylamine groups is 1. The van der Waals surface area contributed by atoms with E-state index >= 15 is 0 Å². The molecule has 1 saturated carbocycles. The highest BCUT2D eigenvalue weighted by atomic mass is 16.7. The number of nitrogens with one attached hydrogen (secondary N) is 2. The number of anilines is 1. The summed E-state index contributed by atoms with van der Waals surface area (Å²) in [5.74, 6) is -3.10. The zero-order valence-corrected chi connectivity index (χ0v) is 28.1. The summed E-state index contributed by atoms with van der Waals surface area (Å²) in [6.07, 6.45) is 4.37. The molecule has 2 aliphatic carbocycles. The molecule has 0 radical (unpaired) electrons. The third-order valence-electron chi connectivity index (χ3n) is 9.23. The zero-order chi connectivity index (χ0) is 35.7. The van der Waals surface area contributed by atoms with Gasteiger partial charge in [0.1, 0.15) is 32.1 Å². The summed E-state index contributed by atoms with van der Waals surface area (Å²) < 4.78 is 8.29. The van der Waals surface area contributed by atoms with Gasteiger partial charge in [-0.15, -0.1) is 5.48 Å². The van der Waals surface area contributed by atoms with Crippen LogP contribution in [0.2, 0.25) is 0 Å². The lowest BCUT2D eigenvalue weighted by molar-refractivity contribution is -0.255. The molecule has 2 aromatic carbocycles. The predicted molar refractivity (Wildman–Crippen MR) is 182 cm³/mol. The lowest BCUT2D eigenvalue weighted by Crippen LogP contribution is -2.43. The first-order valence-corrected chi connectivity index (χ1v) is 16.2. The maximum atomic E-state index is 13.1. The normalized spacial score (nSPS) is 17.3. The summed E-state index contributed by atoms with van der Waals surface area (Å²) in [7, 11) is 7.67. The minimum absolute atomic E-state index is 0.0684. The molecule has 0 saturated heterocycles. The monoisotopic (exact) mass is 679 g/mol. The topological polar surface area (TPSA) is 164 Å². The van der Waals surface area contributed by atoms with Crippen molar-refractivity contribution in [1.29, 1.82) is 0 Å². The summed E-state index contributed by atoms with van der Waals surface area (Å²) in [5.41, 5.74) is 5.47. The standard InChI is InChI=1S/C37H37N5O8/c1-40(2)24-10-13-27-30(18-24)49-31-19-25(41(3)4)11-14-28(31)34(27)26-12-7-22(17-29(26)36(46)47)35(45)38-20-39-50-37(48)21-5-8-23(9-6-21)42-32(43)15-16-33(42)44/h7,10-19,21,23,39H,5-6,8-9,20H2,1-4H3,(H-,38,45,46,47). The van der Waals surface area contributed by atoms with Crippen LogP contribution in [0, 0.1) is 5.92 Å². The molecule has 258 valence electrons. The van der Waals surface area contributed by atoms with Crippen LogP contribution in [-0.4, -0.2) is 75.5 Å². The maximum Gasteiger partial charge on any atom is 0.327 e. The fraction of sp³-hybridized carbons (Fsp3) is 0.297. The number of fused-ring (bicyclic) bond motifs is 2. The molecule has 1 fully saturated rings. The molecule has 2 aromatic rings. The molecule has 13 nitrogen and oxygen atoms in total. The number of rotatable bonds is 9. The molecule has 13 heteroatoms. The van der Waals surface area contributed by atoms with Crippen LogP contribution < -0.4 is 30.7 Å². The van der Waals surface area contributed by atoms with Gasteiger partial charge in [0.25, 0.3) is 17.7 Å². The van der Waals surface area contributed by atoms with Crippen molar-refractivity contribution in [1.82, 2.24) is 20.3 Å². The first-order valence-electron chi connectivity index (χ1n) is 16.2. The Labute approximate surface area is 287 Å². The van der Waals surface area contributed by atoms with Crippen LogP contribution >= 0.6 is 0 Å². The van der Waals surface area contributed by atoms with E-state index in [0.717, 1.165) is 11.0 Å². The Balaban J connectivity index is 1.17. The first kappa shape index (κ1) is 34.1. The van der Waals surface area contributed by atoms with E-state index in [1.54, 1.807) is 6.07 Å². The van der Waals surface area contributed by atoms with Crippen LogP contribution in [0.25, 0.3) is 33.4 Å². The van der Waals surface area contributed by atoms with E-state index in [-0.39, 0.29) is 35.7 Å². The first-order chi connectivity index (χ1) is 23.9. The Hall–Kier alpha value is -5.82. The van der Waals surface area contributed by atoms with Gasteiger partial charge >= 0.3 is 5.97 Å². The number of carbonyl (C=O) groups excluding carboxylic acids is 5. The van der Waals surface area contributed by atoms with Gasteiger partial charge in [0, 0.05) is 77.7 Å². The number of carbonyl (C=O) groups is 5. The molecule has 4 aliphatic rings. The highest BCUT2D eigenvalue weighted by molar-refractivity contribution is 6.13. The van der Waals surface area contributed by atoms with Crippen LogP contribution in [-0.2, 0) is 19.2 Å². The van der Waals surface area contributed by atoms with E-state index in [0.29, 0.717) is 59.1 Å². The Bertz CT molecular complexity index is 2090. The lowest BCUT2D eigenvalue weighted by Gasteiger charge is -2.32. The molecule has 0 aromatic heterocycles. The molecule has 0 unspecified atom stereocenters. The minimum atomic E-state index is -1.46. The van der Waals surface area contributed by atoms with Gasteiger partial charge < -0.3 is 29.4 Å². The number of amides is 3. The number of hydrogen-bond donors (Lipinski definition) is 2. The van der Waals surface area contributed by atoms with Gasteiger partial charge in [-0.3, -0.25) is 24.1 Å². The molecule has 6 rings (SSSR count). The third-order valence-corrected chi connectivity index (χ3v) is 9.23. The van der Waals surface area contributed by atoms with Crippen LogP contribution in [0.4, 0.5) is 5.69 Å². The van der Waals surface area contributed by atoms with Crippen molar-refractivity contribution in [3.05, 3.63) is 83.2 Å². The number of carboxylic acid groups (broad SMARTS) is 1. The molecule has 0 spiro atoms. The average molecular weight is 680 g/mol. The molecule has 3 amide bonds. The second-order valence-electron chi connectivity index (χ2n) is 12.8. The van der Waals surface area contributed by atoms with Gasteiger partial charge in [-0.2, -0.15) is 0 Å². The fourth-order valence-electron chi connectivity index (χ4n) is 6.54. The molecule has 2 aliphatic heterocycles. The summed E-state index contributed by atoms with van der Waals surface area (Å²) in [4.78, 5) is 70.5. The van der Waals surface area contributed by atoms with Crippen molar-refractivity contribution < 1.29 is 38.3 Å². The molecular weight excluding hydrogens is 642 g/mol. The Morgan fingerprint density at radius 3 is 2.30 bits per heavy atom. The van der Waals surface area contributed by atoms with Crippen molar-refractivity contribution in [3.8, 4) is 22.5 Å². The van der Waals surface area contributed by atoms with E-state index in [9.17, 15) is 29.1 Å². The van der Waals surface area contributed by atoms with Crippen molar-refractivity contribution in [2.24, 2.45) is 5.92 Å². The largest absolute Gasteiger partial charge is 0.545 e. The quantitative estimate of drug-likeness (QED) is 0.0667. The van der Waals surface area contributed by atoms with Gasteiger partial charge in [0.05, 0.1) is 18.0 Å². The van der Waals surface area contributed by atoms with Gasteiger partial charge in [-0.1, -0.05) is 6.07 Å². The number of carboxylic acids is 1. The average Bonchev–Trinajstić information content (AvgIpc) is 3.44. The minimum Gasteiger partial charge on any atom is -0.545 e. The summed E-state index contributed by atoms with van der Waals surface area (Å²) in [6.45, 7) is -0.233. The van der Waals surface area contributed by atoms with E-state index < -0.39 is 23.8 Å². The molecule has 0 atom stereocenters. The van der Waals surface area contributed by atoms with Gasteiger partial charge in [-0.05, 0) is 61.6 Å². The van der Waals surface area contributed by atoms with Crippen molar-refractivity contribution in [3.63, 3.8) is 0 Å². The number of hydrogen-bond acceptors (Lipinski definition) is 10. The van der Waals surface area contributed by atoms with E-state index in [1.165, 1.54) is 29.2 Å². The van der Waals surface area contributed by atoms with E-state index in [1.807, 2.05) is 74.1 Å². The van der Waals surface area contributed by atoms with Crippen molar-refractivity contribution in [2.75, 3.05) is 39.8 Å². The van der Waals surface area contributed by atoms with Crippen LogP contribution in [0.1, 0.15) is 46.4 Å². The zero-order valence-electron chi connectivity index (χ0n) is 28.1. The lowest BCUT2D eigenvalue weighted by atomic mass is 9.85. The molecule has 2 heterocycles. The predicted octanol–water partition coefficient (Wildman–Crippen LogP) is 1.88. The second kappa shape index (κ2) is 14.0. The molecule has 0 bridgehead atoms. The SMILES string of the molecule is CN(C)c1ccc2c(-c3ccc(C(=O)NCNOC(=O)C4CCC(N5C(=O)C=CC5=O)CC4)cc3C(=O)[O-])c3ccc(=[N+](C)C)cc-3oc2c1. The number of benzene rings is 3. The highest BCUT2D eigenvalue weighted by Gasteiger charge is 2.36. The Kier molecular flexibility index (Phi) is 9.51. The number of aromatic carboxylic acids is 1. The van der Waals surface area contributed by atoms with Crippen LogP contribution in [0.15, 0.2) is 71.2 Å². The number of nitrogens with zero attached hydrogens (tertiary/aromatic N) is 3. The van der Waals surface area contributed by atoms with E-state index in [2.05, 4.69) is 10.8 Å². The number of imide groups is 1. The summed E-state index contributed by atoms with van der Waals surface area (Å²) in [6, 6.07) is 15.5. The second-order valence-corrected chi connectivity index (χ2v) is 12.8. The van der Waals surface area contributed by atoms with Gasteiger partial charge in [-0.25, -0.2) is 4.58 Å². The summed E-state index contributed by atoms with van der Waals surface area (Å²) >= 11 is 0. The molecule has 50 heavy (non-hydrogen) atoms. The van der Waals surface area contributed by atoms with Crippen molar-refractivity contribution >= 4 is 46.3 Å². The third kappa shape index (κ3) is 6.72. The smallest absolute Gasteiger partial charge is 0.327 e. The highest BCUT2D eigenvalue weighted by Crippen LogP contribution is 2.42. The van der Waals surface area contributed by atoms with Gasteiger partial charge in [0.2, 0.25) is 5.36 Å². The van der Waals surface area contributed by atoms with Gasteiger partial charge in [0.15, 0.2) is 0 Å². The molecular formula is C37H37N5O8. The fourth-order valence-corrected chi connectivity index (χ4v) is 6.54.